The van der Waals surface area contributed by atoms with Crippen LogP contribution in [0.4, 0.5) is 0 Å². The number of ether oxygens (including phenoxy) is 1. The molecule has 0 aromatic carbocycles. The highest BCUT2D eigenvalue weighted by Gasteiger charge is 2.36. The lowest BCUT2D eigenvalue weighted by Crippen LogP contribution is -2.41. The molecule has 0 unspecified atom stereocenters. The van der Waals surface area contributed by atoms with E-state index in [1.54, 1.807) is 25.6 Å². The number of aliphatic hydroxyl groups is 1. The molecule has 1 saturated carbocycles. The topological polar surface area (TPSA) is 84.6 Å². The first-order valence-electron chi connectivity index (χ1n) is 7.17. The average Bonchev–Trinajstić information content (AvgIpc) is 3.04. The maximum Gasteiger partial charge on any atom is 0.255 e. The smallest absolute Gasteiger partial charge is 0.255 e. The Morgan fingerprint density at radius 1 is 1.50 bits per heavy atom. The van der Waals surface area contributed by atoms with Crippen molar-refractivity contribution in [1.82, 2.24) is 10.3 Å². The molecule has 1 aliphatic rings. The van der Waals surface area contributed by atoms with Crippen LogP contribution in [0.1, 0.15) is 34.8 Å². The van der Waals surface area contributed by atoms with Crippen LogP contribution in [-0.4, -0.2) is 29.2 Å². The summed E-state index contributed by atoms with van der Waals surface area (Å²) in [6, 6.07) is 3.26. The molecule has 0 saturated heterocycles. The predicted molar refractivity (Wildman–Crippen MR) is 78.4 cm³/mol. The normalized spacial score (nSPS) is 21.7. The zero-order chi connectivity index (χ0) is 15.5. The predicted octanol–water partition coefficient (Wildman–Crippen LogP) is 1.93. The Hall–Kier alpha value is -2.34. The molecule has 2 aromatic heterocycles. The van der Waals surface area contributed by atoms with Crippen LogP contribution in [0.15, 0.2) is 41.5 Å². The molecule has 1 aliphatic carbocycles. The average molecular weight is 302 g/mol. The Morgan fingerprint density at radius 3 is 2.95 bits per heavy atom. The summed E-state index contributed by atoms with van der Waals surface area (Å²) < 4.78 is 10.1. The van der Waals surface area contributed by atoms with Crippen molar-refractivity contribution in [2.45, 2.75) is 25.0 Å². The van der Waals surface area contributed by atoms with Gasteiger partial charge in [0, 0.05) is 6.20 Å². The number of carbonyl (C=O) groups excluding carboxylic acids is 1. The SMILES string of the molecule is COc1cncc([C@H](NC(=O)c2ccoc2)C2CC(O)C2)c1. The fourth-order valence-corrected chi connectivity index (χ4v) is 2.71. The first-order valence-corrected chi connectivity index (χ1v) is 7.17. The van der Waals surface area contributed by atoms with Crippen molar-refractivity contribution in [3.8, 4) is 5.75 Å². The van der Waals surface area contributed by atoms with Gasteiger partial charge in [-0.15, -0.1) is 0 Å². The summed E-state index contributed by atoms with van der Waals surface area (Å²) in [6.07, 6.45) is 7.23. The van der Waals surface area contributed by atoms with Crippen molar-refractivity contribution in [1.29, 1.82) is 0 Å². The lowest BCUT2D eigenvalue weighted by atomic mass is 9.75. The molecule has 1 fully saturated rings. The minimum Gasteiger partial charge on any atom is -0.495 e. The van der Waals surface area contributed by atoms with Crippen LogP contribution in [0.3, 0.4) is 0 Å². The van der Waals surface area contributed by atoms with Gasteiger partial charge < -0.3 is 19.6 Å². The van der Waals surface area contributed by atoms with Gasteiger partial charge in [-0.1, -0.05) is 0 Å². The zero-order valence-corrected chi connectivity index (χ0v) is 12.2. The molecule has 2 heterocycles. The summed E-state index contributed by atoms with van der Waals surface area (Å²) in [5.74, 6) is 0.614. The molecule has 22 heavy (non-hydrogen) atoms. The van der Waals surface area contributed by atoms with Gasteiger partial charge in [0.1, 0.15) is 12.0 Å². The Kier molecular flexibility index (Phi) is 4.11. The van der Waals surface area contributed by atoms with Crippen LogP contribution in [0.25, 0.3) is 0 Å². The number of nitrogens with one attached hydrogen (secondary N) is 1. The maximum absolute atomic E-state index is 12.3. The summed E-state index contributed by atoms with van der Waals surface area (Å²) in [4.78, 5) is 16.4. The molecule has 1 amide bonds. The van der Waals surface area contributed by atoms with Gasteiger partial charge >= 0.3 is 0 Å². The quantitative estimate of drug-likeness (QED) is 0.881. The monoisotopic (exact) mass is 302 g/mol. The van der Waals surface area contributed by atoms with Gasteiger partial charge in [-0.25, -0.2) is 0 Å². The van der Waals surface area contributed by atoms with Gasteiger partial charge in [0.25, 0.3) is 5.91 Å². The van der Waals surface area contributed by atoms with E-state index in [0.717, 1.165) is 5.56 Å². The van der Waals surface area contributed by atoms with Gasteiger partial charge in [-0.2, -0.15) is 0 Å². The van der Waals surface area contributed by atoms with Gasteiger partial charge in [0.05, 0.1) is 37.3 Å². The van der Waals surface area contributed by atoms with E-state index >= 15 is 0 Å². The summed E-state index contributed by atoms with van der Waals surface area (Å²) >= 11 is 0. The van der Waals surface area contributed by atoms with Crippen LogP contribution in [0, 0.1) is 5.92 Å². The van der Waals surface area contributed by atoms with E-state index in [9.17, 15) is 9.90 Å². The molecular weight excluding hydrogens is 284 g/mol. The van der Waals surface area contributed by atoms with Crippen molar-refractivity contribution in [3.05, 3.63) is 48.2 Å². The third kappa shape index (κ3) is 2.96. The molecule has 116 valence electrons. The van der Waals surface area contributed by atoms with Crippen LogP contribution in [0.2, 0.25) is 0 Å². The van der Waals surface area contributed by atoms with Gasteiger partial charge in [0.15, 0.2) is 0 Å². The van der Waals surface area contributed by atoms with E-state index in [1.807, 2.05) is 6.07 Å². The van der Waals surface area contributed by atoms with Crippen LogP contribution >= 0.6 is 0 Å². The fraction of sp³-hybridized carbons (Fsp3) is 0.375. The second kappa shape index (κ2) is 6.19. The minimum absolute atomic E-state index is 0.180. The van der Waals surface area contributed by atoms with Crippen molar-refractivity contribution in [2.24, 2.45) is 5.92 Å². The number of furan rings is 1. The number of rotatable bonds is 5. The van der Waals surface area contributed by atoms with E-state index < -0.39 is 0 Å². The van der Waals surface area contributed by atoms with Crippen LogP contribution in [-0.2, 0) is 0 Å². The lowest BCUT2D eigenvalue weighted by molar-refractivity contribution is 0.0234. The first kappa shape index (κ1) is 14.6. The van der Waals surface area contributed by atoms with E-state index in [-0.39, 0.29) is 24.0 Å². The second-order valence-corrected chi connectivity index (χ2v) is 5.51. The number of pyridine rings is 1. The molecule has 2 N–H and O–H groups in total. The highest BCUT2D eigenvalue weighted by atomic mass is 16.5. The third-order valence-electron chi connectivity index (χ3n) is 4.02. The zero-order valence-electron chi connectivity index (χ0n) is 12.2. The summed E-state index contributed by atoms with van der Waals surface area (Å²) in [7, 11) is 1.58. The number of amides is 1. The van der Waals surface area contributed by atoms with Crippen LogP contribution < -0.4 is 10.1 Å². The Morgan fingerprint density at radius 2 is 2.32 bits per heavy atom. The number of hydrogen-bond donors (Lipinski definition) is 2. The number of methoxy groups -OCH3 is 1. The maximum atomic E-state index is 12.3. The molecular formula is C16H18N2O4. The third-order valence-corrected chi connectivity index (χ3v) is 4.02. The molecule has 1 atom stereocenters. The number of hydrogen-bond acceptors (Lipinski definition) is 5. The van der Waals surface area contributed by atoms with Crippen molar-refractivity contribution in [2.75, 3.05) is 7.11 Å². The van der Waals surface area contributed by atoms with Gasteiger partial charge in [0.2, 0.25) is 0 Å². The summed E-state index contributed by atoms with van der Waals surface area (Å²) in [5, 5.41) is 12.6. The van der Waals surface area contributed by atoms with Crippen molar-refractivity contribution in [3.63, 3.8) is 0 Å². The number of aromatic nitrogens is 1. The Balaban J connectivity index is 1.82. The Bertz CT molecular complexity index is 635. The molecule has 0 bridgehead atoms. The first-order chi connectivity index (χ1) is 10.7. The minimum atomic E-state index is -0.295. The fourth-order valence-electron chi connectivity index (χ4n) is 2.71. The van der Waals surface area contributed by atoms with E-state index in [0.29, 0.717) is 24.2 Å². The Labute approximate surface area is 128 Å². The largest absolute Gasteiger partial charge is 0.495 e. The number of aliphatic hydroxyl groups excluding tert-OH is 1. The van der Waals surface area contributed by atoms with Gasteiger partial charge in [-0.3, -0.25) is 9.78 Å². The van der Waals surface area contributed by atoms with Crippen molar-refractivity contribution < 1.29 is 19.1 Å². The van der Waals surface area contributed by atoms with E-state index in [2.05, 4.69) is 10.3 Å². The standard InChI is InChI=1S/C16H18N2O4/c1-21-14-6-12(7-17-8-14)15(11-4-13(19)5-11)18-16(20)10-2-3-22-9-10/h2-3,6-9,11,13,15,19H,4-5H2,1H3,(H,18,20)/t11?,13?,15-/m1/s1. The summed E-state index contributed by atoms with van der Waals surface area (Å²) in [5.41, 5.74) is 1.34. The van der Waals surface area contributed by atoms with E-state index in [1.165, 1.54) is 12.5 Å². The second-order valence-electron chi connectivity index (χ2n) is 5.51. The number of nitrogens with zero attached hydrogens (tertiary/aromatic N) is 1. The molecule has 2 aromatic rings. The summed E-state index contributed by atoms with van der Waals surface area (Å²) in [6.45, 7) is 0. The molecule has 0 radical (unpaired) electrons. The molecule has 6 nitrogen and oxygen atoms in total. The molecule has 0 aliphatic heterocycles. The molecule has 6 heteroatoms. The number of carbonyl (C=O) groups is 1. The van der Waals surface area contributed by atoms with Crippen LogP contribution in [0.5, 0.6) is 5.75 Å². The van der Waals surface area contributed by atoms with Crippen molar-refractivity contribution >= 4 is 5.91 Å². The highest BCUT2D eigenvalue weighted by Crippen LogP contribution is 2.38. The lowest BCUT2D eigenvalue weighted by Gasteiger charge is -2.38. The van der Waals surface area contributed by atoms with E-state index in [4.69, 9.17) is 9.15 Å². The molecule has 3 rings (SSSR count). The molecule has 0 spiro atoms. The highest BCUT2D eigenvalue weighted by molar-refractivity contribution is 5.94. The van der Waals surface area contributed by atoms with Gasteiger partial charge in [-0.05, 0) is 36.5 Å².